The summed E-state index contributed by atoms with van der Waals surface area (Å²) in [6.45, 7) is 9.15. The standard InChI is InChI=1S/C16H25NO/c1-11-8-12(15(2,3)4)14(18)13(9-11)16(10-17)6-5-7-16/h8-9,18H,5-7,10,17H2,1-4H3. The van der Waals surface area contributed by atoms with Crippen LogP contribution in [0, 0.1) is 6.92 Å². The number of aryl methyl sites for hydroxylation is 1. The van der Waals surface area contributed by atoms with Gasteiger partial charge in [-0.2, -0.15) is 0 Å². The smallest absolute Gasteiger partial charge is 0.123 e. The zero-order valence-electron chi connectivity index (χ0n) is 12.0. The van der Waals surface area contributed by atoms with Gasteiger partial charge in [-0.05, 0) is 30.7 Å². The minimum atomic E-state index is -0.0373. The molecule has 0 amide bonds. The van der Waals surface area contributed by atoms with E-state index in [-0.39, 0.29) is 10.8 Å². The van der Waals surface area contributed by atoms with Gasteiger partial charge in [-0.3, -0.25) is 0 Å². The van der Waals surface area contributed by atoms with Gasteiger partial charge in [-0.15, -0.1) is 0 Å². The molecule has 1 aromatic carbocycles. The van der Waals surface area contributed by atoms with Gasteiger partial charge < -0.3 is 10.8 Å². The van der Waals surface area contributed by atoms with Gasteiger partial charge in [-0.25, -0.2) is 0 Å². The lowest BCUT2D eigenvalue weighted by Crippen LogP contribution is -2.41. The molecule has 0 heterocycles. The molecule has 0 aromatic heterocycles. The lowest BCUT2D eigenvalue weighted by atomic mass is 9.63. The largest absolute Gasteiger partial charge is 0.507 e. The SMILES string of the molecule is Cc1cc(C(C)(C)C)c(O)c(C2(CN)CCC2)c1. The Morgan fingerprint density at radius 3 is 2.28 bits per heavy atom. The minimum Gasteiger partial charge on any atom is -0.507 e. The average Bonchev–Trinajstić information content (AvgIpc) is 2.20. The minimum absolute atomic E-state index is 0.0239. The third-order valence-electron chi connectivity index (χ3n) is 4.34. The molecule has 0 spiro atoms. The summed E-state index contributed by atoms with van der Waals surface area (Å²) in [6, 6.07) is 4.22. The van der Waals surface area contributed by atoms with Gasteiger partial charge in [0.05, 0.1) is 0 Å². The Labute approximate surface area is 110 Å². The molecular formula is C16H25NO. The fourth-order valence-electron chi connectivity index (χ4n) is 2.94. The van der Waals surface area contributed by atoms with Crippen LogP contribution in [0.3, 0.4) is 0 Å². The van der Waals surface area contributed by atoms with E-state index < -0.39 is 0 Å². The summed E-state index contributed by atoms with van der Waals surface area (Å²) in [6.07, 6.45) is 3.42. The third kappa shape index (κ3) is 2.03. The molecule has 3 N–H and O–H groups in total. The van der Waals surface area contributed by atoms with Gasteiger partial charge >= 0.3 is 0 Å². The van der Waals surface area contributed by atoms with Crippen LogP contribution in [0.2, 0.25) is 0 Å². The van der Waals surface area contributed by atoms with E-state index in [2.05, 4.69) is 39.8 Å². The van der Waals surface area contributed by atoms with E-state index in [1.807, 2.05) is 0 Å². The lowest BCUT2D eigenvalue weighted by Gasteiger charge is -2.42. The van der Waals surface area contributed by atoms with Gasteiger partial charge in [0.25, 0.3) is 0 Å². The summed E-state index contributed by atoms with van der Waals surface area (Å²) < 4.78 is 0. The average molecular weight is 247 g/mol. The van der Waals surface area contributed by atoms with Crippen LogP contribution in [0.5, 0.6) is 5.75 Å². The number of hydrogen-bond donors (Lipinski definition) is 2. The van der Waals surface area contributed by atoms with Gasteiger partial charge in [0.1, 0.15) is 5.75 Å². The first-order valence-electron chi connectivity index (χ1n) is 6.85. The van der Waals surface area contributed by atoms with Gasteiger partial charge in [0, 0.05) is 17.5 Å². The topological polar surface area (TPSA) is 46.2 Å². The Hall–Kier alpha value is -1.02. The van der Waals surface area contributed by atoms with E-state index >= 15 is 0 Å². The van der Waals surface area contributed by atoms with Crippen LogP contribution in [0.1, 0.15) is 56.7 Å². The summed E-state index contributed by atoms with van der Waals surface area (Å²) in [5, 5.41) is 10.6. The molecule has 0 unspecified atom stereocenters. The second-order valence-electron chi connectivity index (χ2n) is 6.80. The van der Waals surface area contributed by atoms with E-state index in [0.717, 1.165) is 24.0 Å². The van der Waals surface area contributed by atoms with E-state index in [4.69, 9.17) is 5.73 Å². The molecule has 0 bridgehead atoms. The summed E-state index contributed by atoms with van der Waals surface area (Å²) in [5.74, 6) is 0.471. The highest BCUT2D eigenvalue weighted by Crippen LogP contribution is 2.48. The molecule has 0 radical (unpaired) electrons. The van der Waals surface area contributed by atoms with Crippen LogP contribution >= 0.6 is 0 Å². The van der Waals surface area contributed by atoms with Crippen molar-refractivity contribution in [2.75, 3.05) is 6.54 Å². The normalized spacial score (nSPS) is 18.5. The molecule has 2 rings (SSSR count). The monoisotopic (exact) mass is 247 g/mol. The number of phenols is 1. The molecule has 1 aliphatic carbocycles. The first-order valence-corrected chi connectivity index (χ1v) is 6.85. The number of phenolic OH excluding ortho intramolecular Hbond substituents is 1. The molecule has 1 aromatic rings. The van der Waals surface area contributed by atoms with Crippen LogP contribution in [0.25, 0.3) is 0 Å². The third-order valence-corrected chi connectivity index (χ3v) is 4.34. The quantitative estimate of drug-likeness (QED) is 0.841. The second kappa shape index (κ2) is 4.27. The van der Waals surface area contributed by atoms with Gasteiger partial charge in [0.2, 0.25) is 0 Å². The van der Waals surface area contributed by atoms with Crippen LogP contribution in [0.4, 0.5) is 0 Å². The first kappa shape index (κ1) is 13.4. The summed E-state index contributed by atoms with van der Waals surface area (Å²) >= 11 is 0. The van der Waals surface area contributed by atoms with Crippen molar-refractivity contribution in [1.29, 1.82) is 0 Å². The number of hydrogen-bond acceptors (Lipinski definition) is 2. The van der Waals surface area contributed by atoms with E-state index in [0.29, 0.717) is 12.3 Å². The molecule has 1 aliphatic rings. The van der Waals surface area contributed by atoms with E-state index in [1.165, 1.54) is 12.0 Å². The fourth-order valence-corrected chi connectivity index (χ4v) is 2.94. The molecule has 18 heavy (non-hydrogen) atoms. The Bertz CT molecular complexity index is 447. The molecule has 2 heteroatoms. The summed E-state index contributed by atoms with van der Waals surface area (Å²) in [4.78, 5) is 0. The van der Waals surface area contributed by atoms with Crippen molar-refractivity contribution in [2.45, 2.75) is 57.8 Å². The second-order valence-corrected chi connectivity index (χ2v) is 6.80. The lowest BCUT2D eigenvalue weighted by molar-refractivity contribution is 0.243. The zero-order valence-corrected chi connectivity index (χ0v) is 12.0. The maximum atomic E-state index is 10.6. The zero-order chi connectivity index (χ0) is 13.6. The van der Waals surface area contributed by atoms with Crippen LogP contribution in [-0.2, 0) is 10.8 Å². The Kier molecular flexibility index (Phi) is 3.18. The molecule has 100 valence electrons. The molecular weight excluding hydrogens is 222 g/mol. The summed E-state index contributed by atoms with van der Waals surface area (Å²) in [5.41, 5.74) is 9.28. The number of aromatic hydroxyl groups is 1. The molecule has 0 aliphatic heterocycles. The fraction of sp³-hybridized carbons (Fsp3) is 0.625. The maximum Gasteiger partial charge on any atom is 0.123 e. The van der Waals surface area contributed by atoms with E-state index in [1.54, 1.807) is 0 Å². The highest BCUT2D eigenvalue weighted by molar-refractivity contribution is 5.51. The Morgan fingerprint density at radius 2 is 1.89 bits per heavy atom. The molecule has 1 saturated carbocycles. The highest BCUT2D eigenvalue weighted by Gasteiger charge is 2.40. The van der Waals surface area contributed by atoms with Crippen molar-refractivity contribution in [3.05, 3.63) is 28.8 Å². The van der Waals surface area contributed by atoms with E-state index in [9.17, 15) is 5.11 Å². The van der Waals surface area contributed by atoms with Crippen molar-refractivity contribution in [1.82, 2.24) is 0 Å². The van der Waals surface area contributed by atoms with Crippen LogP contribution in [0.15, 0.2) is 12.1 Å². The first-order chi connectivity index (χ1) is 8.30. The maximum absolute atomic E-state index is 10.6. The van der Waals surface area contributed by atoms with Crippen molar-refractivity contribution >= 4 is 0 Å². The Balaban J connectivity index is 2.58. The Morgan fingerprint density at radius 1 is 1.28 bits per heavy atom. The van der Waals surface area contributed by atoms with Gasteiger partial charge in [-0.1, -0.05) is 44.9 Å². The van der Waals surface area contributed by atoms with Crippen molar-refractivity contribution in [3.8, 4) is 5.75 Å². The molecule has 0 saturated heterocycles. The van der Waals surface area contributed by atoms with Crippen molar-refractivity contribution in [3.63, 3.8) is 0 Å². The molecule has 1 fully saturated rings. The summed E-state index contributed by atoms with van der Waals surface area (Å²) in [7, 11) is 0. The van der Waals surface area contributed by atoms with Gasteiger partial charge in [0.15, 0.2) is 0 Å². The number of rotatable bonds is 2. The molecule has 2 nitrogen and oxygen atoms in total. The van der Waals surface area contributed by atoms with Crippen LogP contribution in [-0.4, -0.2) is 11.7 Å². The number of benzene rings is 1. The predicted octanol–water partition coefficient (Wildman–Crippen LogP) is 3.38. The van der Waals surface area contributed by atoms with Crippen LogP contribution < -0.4 is 5.73 Å². The predicted molar refractivity (Wildman–Crippen MR) is 76.1 cm³/mol. The van der Waals surface area contributed by atoms with Crippen molar-refractivity contribution < 1.29 is 5.11 Å². The molecule has 0 atom stereocenters. The highest BCUT2D eigenvalue weighted by atomic mass is 16.3. The number of nitrogens with two attached hydrogens (primary N) is 1. The van der Waals surface area contributed by atoms with Crippen molar-refractivity contribution in [2.24, 2.45) is 5.73 Å².